The fraction of sp³-hybridized carbons (Fsp3) is 0.500. The van der Waals surface area contributed by atoms with Gasteiger partial charge in [0, 0.05) is 35.4 Å². The molecule has 3 atom stereocenters. The van der Waals surface area contributed by atoms with Crippen LogP contribution in [0.3, 0.4) is 0 Å². The van der Waals surface area contributed by atoms with Crippen LogP contribution in [0.2, 0.25) is 0 Å². The molecule has 36 heavy (non-hydrogen) atoms. The molecular formula is C26H33N3O6S. The van der Waals surface area contributed by atoms with Gasteiger partial charge in [0.25, 0.3) is 5.91 Å². The van der Waals surface area contributed by atoms with Crippen molar-refractivity contribution in [3.8, 4) is 10.4 Å². The first-order chi connectivity index (χ1) is 17.4. The Morgan fingerprint density at radius 1 is 1.22 bits per heavy atom. The van der Waals surface area contributed by atoms with E-state index in [0.717, 1.165) is 41.0 Å². The predicted molar refractivity (Wildman–Crippen MR) is 136 cm³/mol. The maximum atomic E-state index is 13.5. The average Bonchev–Trinajstić information content (AvgIpc) is 3.64. The number of aryl methyl sites for hydroxylation is 1. The maximum Gasteiger partial charge on any atom is 0.406 e. The largest absolute Gasteiger partial charge is 0.479 e. The highest BCUT2D eigenvalue weighted by Crippen LogP contribution is 2.41. The third kappa shape index (κ3) is 6.24. The zero-order valence-electron chi connectivity index (χ0n) is 20.6. The summed E-state index contributed by atoms with van der Waals surface area (Å²) in [6.45, 7) is 3.03. The normalized spacial score (nSPS) is 20.4. The Morgan fingerprint density at radius 3 is 2.61 bits per heavy atom. The summed E-state index contributed by atoms with van der Waals surface area (Å²) in [7, 11) is 1.35. The lowest BCUT2D eigenvalue weighted by Crippen LogP contribution is -2.55. The van der Waals surface area contributed by atoms with Crippen molar-refractivity contribution in [2.45, 2.75) is 56.9 Å². The molecule has 2 fully saturated rings. The first-order valence-electron chi connectivity index (χ1n) is 12.3. The number of aliphatic carboxylic acids is 1. The summed E-state index contributed by atoms with van der Waals surface area (Å²) < 4.78 is 10.3. The average molecular weight is 516 g/mol. The molecule has 2 heterocycles. The highest BCUT2D eigenvalue weighted by molar-refractivity contribution is 7.15. The summed E-state index contributed by atoms with van der Waals surface area (Å²) in [5.41, 5.74) is 2.29. The monoisotopic (exact) mass is 515 g/mol. The molecule has 3 N–H and O–H groups in total. The maximum absolute atomic E-state index is 13.5. The van der Waals surface area contributed by atoms with E-state index in [1.807, 2.05) is 30.0 Å². The van der Waals surface area contributed by atoms with E-state index in [0.29, 0.717) is 13.1 Å². The van der Waals surface area contributed by atoms with Gasteiger partial charge in [-0.3, -0.25) is 4.79 Å². The lowest BCUT2D eigenvalue weighted by Gasteiger charge is -2.35. The lowest BCUT2D eigenvalue weighted by atomic mass is 10.0. The Kier molecular flexibility index (Phi) is 8.60. The number of methoxy groups -OCH3 is 1. The number of rotatable bonds is 10. The van der Waals surface area contributed by atoms with Gasteiger partial charge >= 0.3 is 12.1 Å². The summed E-state index contributed by atoms with van der Waals surface area (Å²) in [5.74, 6) is -1.23. The first-order valence-corrected chi connectivity index (χ1v) is 13.1. The highest BCUT2D eigenvalue weighted by Gasteiger charge is 2.42. The van der Waals surface area contributed by atoms with E-state index in [4.69, 9.17) is 4.74 Å². The van der Waals surface area contributed by atoms with E-state index in [-0.39, 0.29) is 24.5 Å². The van der Waals surface area contributed by atoms with Crippen LogP contribution in [0.5, 0.6) is 0 Å². The summed E-state index contributed by atoms with van der Waals surface area (Å²) in [6, 6.07) is 12.3. The lowest BCUT2D eigenvalue weighted by molar-refractivity contribution is -0.166. The second-order valence-electron chi connectivity index (χ2n) is 9.15. The minimum atomic E-state index is -1.07. The number of benzene rings is 1. The highest BCUT2D eigenvalue weighted by atomic mass is 32.1. The van der Waals surface area contributed by atoms with Crippen LogP contribution in [0.4, 0.5) is 4.79 Å². The second-order valence-corrected chi connectivity index (χ2v) is 10.2. The number of morpholine rings is 1. The number of carbonyl (C=O) groups excluding carboxylic acids is 2. The molecule has 1 aromatic carbocycles. The number of amides is 2. The smallest absolute Gasteiger partial charge is 0.406 e. The zero-order valence-corrected chi connectivity index (χ0v) is 21.4. The van der Waals surface area contributed by atoms with Crippen molar-refractivity contribution in [1.82, 2.24) is 15.5 Å². The molecule has 0 radical (unpaired) electrons. The van der Waals surface area contributed by atoms with Gasteiger partial charge in [-0.05, 0) is 49.8 Å². The van der Waals surface area contributed by atoms with E-state index in [1.165, 1.54) is 12.7 Å². The number of carbonyl (C=O) groups is 3. The molecule has 4 rings (SSSR count). The van der Waals surface area contributed by atoms with Crippen LogP contribution in [-0.4, -0.2) is 73.0 Å². The molecule has 1 saturated carbocycles. The third-order valence-corrected chi connectivity index (χ3v) is 7.90. The van der Waals surface area contributed by atoms with E-state index in [1.54, 1.807) is 11.3 Å². The number of alkyl carbamates (subject to hydrolysis) is 1. The molecule has 2 aromatic rings. The predicted octanol–water partition coefficient (Wildman–Crippen LogP) is 3.20. The van der Waals surface area contributed by atoms with Gasteiger partial charge in [-0.25, -0.2) is 9.59 Å². The Morgan fingerprint density at radius 2 is 1.94 bits per heavy atom. The topological polar surface area (TPSA) is 117 Å². The van der Waals surface area contributed by atoms with Crippen LogP contribution in [-0.2, 0) is 25.5 Å². The molecule has 9 nitrogen and oxygen atoms in total. The van der Waals surface area contributed by atoms with Crippen LogP contribution >= 0.6 is 11.3 Å². The van der Waals surface area contributed by atoms with E-state index >= 15 is 0 Å². The van der Waals surface area contributed by atoms with Crippen LogP contribution in [0, 0.1) is 0 Å². The number of thiophene rings is 1. The van der Waals surface area contributed by atoms with Crippen molar-refractivity contribution >= 4 is 29.3 Å². The van der Waals surface area contributed by atoms with Crippen molar-refractivity contribution in [2.24, 2.45) is 0 Å². The van der Waals surface area contributed by atoms with Gasteiger partial charge in [0.05, 0.1) is 13.2 Å². The quantitative estimate of drug-likeness (QED) is 0.416. The van der Waals surface area contributed by atoms with E-state index in [2.05, 4.69) is 33.6 Å². The fourth-order valence-electron chi connectivity index (χ4n) is 4.49. The van der Waals surface area contributed by atoms with Crippen molar-refractivity contribution in [1.29, 1.82) is 0 Å². The Hall–Kier alpha value is -2.95. The summed E-state index contributed by atoms with van der Waals surface area (Å²) in [6.07, 6.45) is 1.10. The van der Waals surface area contributed by atoms with Gasteiger partial charge < -0.3 is 30.1 Å². The molecule has 1 aliphatic heterocycles. The minimum absolute atomic E-state index is 0.135. The van der Waals surface area contributed by atoms with E-state index < -0.39 is 24.3 Å². The van der Waals surface area contributed by atoms with Gasteiger partial charge in [0.15, 0.2) is 6.10 Å². The van der Waals surface area contributed by atoms with Gasteiger partial charge in [0.2, 0.25) is 0 Å². The van der Waals surface area contributed by atoms with Crippen LogP contribution in [0.1, 0.15) is 42.7 Å². The van der Waals surface area contributed by atoms with Crippen LogP contribution in [0.25, 0.3) is 10.4 Å². The van der Waals surface area contributed by atoms with Crippen LogP contribution < -0.4 is 10.6 Å². The van der Waals surface area contributed by atoms with Crippen molar-refractivity contribution in [2.75, 3.05) is 26.7 Å². The molecule has 1 aromatic heterocycles. The SMILES string of the molecule is COC(=O)NCCCc1cc([C@@H](C)N(C(=O)[C@H]2CNC[C@@H](C(=O)O)O2)C2CC2)sc1-c1ccccc1. The number of carboxylic acid groups (broad SMARTS) is 1. The van der Waals surface area contributed by atoms with Crippen molar-refractivity contribution in [3.05, 3.63) is 46.8 Å². The summed E-state index contributed by atoms with van der Waals surface area (Å²) >= 11 is 1.68. The second kappa shape index (κ2) is 11.9. The molecule has 1 aliphatic carbocycles. The van der Waals surface area contributed by atoms with Crippen molar-refractivity contribution in [3.63, 3.8) is 0 Å². The van der Waals surface area contributed by atoms with Crippen molar-refractivity contribution < 1.29 is 29.0 Å². The number of hydrogen-bond donors (Lipinski definition) is 3. The number of nitrogens with one attached hydrogen (secondary N) is 2. The fourth-order valence-corrected chi connectivity index (χ4v) is 5.76. The molecule has 10 heteroatoms. The molecule has 1 saturated heterocycles. The number of carboxylic acids is 1. The summed E-state index contributed by atoms with van der Waals surface area (Å²) in [5, 5.41) is 15.1. The van der Waals surface area contributed by atoms with Gasteiger partial charge in [-0.1, -0.05) is 30.3 Å². The minimum Gasteiger partial charge on any atom is -0.479 e. The molecule has 2 aliphatic rings. The number of hydrogen-bond acceptors (Lipinski definition) is 7. The molecule has 2 amide bonds. The Labute approximate surface area is 214 Å². The van der Waals surface area contributed by atoms with Gasteiger partial charge in [-0.15, -0.1) is 11.3 Å². The molecule has 194 valence electrons. The van der Waals surface area contributed by atoms with E-state index in [9.17, 15) is 19.5 Å². The van der Waals surface area contributed by atoms with Gasteiger partial charge in [0.1, 0.15) is 6.10 Å². The number of ether oxygens (including phenoxy) is 2. The Balaban J connectivity index is 1.54. The number of nitrogens with zero attached hydrogens (tertiary/aromatic N) is 1. The first kappa shape index (κ1) is 26.1. The standard InChI is InChI=1S/C26H33N3O6S/c1-16(29(19-10-11-19)24(30)20-14-27-15-21(35-20)25(31)32)22-13-18(9-6-12-28-26(33)34-2)23(36-22)17-7-4-3-5-8-17/h3-5,7-8,13,16,19-21,27H,6,9-12,14-15H2,1-2H3,(H,28,33)(H,31,32)/t16-,20-,21+/m1/s1. The van der Waals surface area contributed by atoms with Gasteiger partial charge in [-0.2, -0.15) is 0 Å². The molecule has 0 spiro atoms. The summed E-state index contributed by atoms with van der Waals surface area (Å²) in [4.78, 5) is 40.5. The molecular weight excluding hydrogens is 482 g/mol. The molecule has 0 unspecified atom stereocenters. The third-order valence-electron chi connectivity index (χ3n) is 6.50. The molecule has 0 bridgehead atoms. The zero-order chi connectivity index (χ0) is 25.7. The Bertz CT molecular complexity index is 1070. The van der Waals surface area contributed by atoms with Crippen LogP contribution in [0.15, 0.2) is 36.4 Å².